The first-order chi connectivity index (χ1) is 39.0. The number of carbonyl (C=O) groups is 3. The summed E-state index contributed by atoms with van der Waals surface area (Å²) in [6.45, 7) is 6.53. The third-order valence-electron chi connectivity index (χ3n) is 15.5. The van der Waals surface area contributed by atoms with Gasteiger partial charge in [-0.05, 0) is 64.2 Å². The van der Waals surface area contributed by atoms with Crippen molar-refractivity contribution < 1.29 is 28.6 Å². The Balaban J connectivity index is 3.93. The maximum Gasteiger partial charge on any atom is 0.306 e. The number of carbonyl (C=O) groups excluding carboxylic acids is 3. The van der Waals surface area contributed by atoms with E-state index < -0.39 is 6.10 Å². The summed E-state index contributed by atoms with van der Waals surface area (Å²) in [5.41, 5.74) is 0. The van der Waals surface area contributed by atoms with E-state index in [-0.39, 0.29) is 31.1 Å². The molecule has 0 bridgehead atoms. The second kappa shape index (κ2) is 67.6. The minimum Gasteiger partial charge on any atom is -0.462 e. The molecule has 0 aliphatic heterocycles. The second-order valence-corrected chi connectivity index (χ2v) is 23.4. The van der Waals surface area contributed by atoms with Gasteiger partial charge in [0.05, 0.1) is 0 Å². The van der Waals surface area contributed by atoms with Crippen molar-refractivity contribution in [3.05, 3.63) is 60.8 Å². The number of esters is 3. The monoisotopic (exact) mass is 1110 g/mol. The van der Waals surface area contributed by atoms with Crippen LogP contribution in [0.25, 0.3) is 0 Å². The van der Waals surface area contributed by atoms with Gasteiger partial charge in [-0.25, -0.2) is 0 Å². The smallest absolute Gasteiger partial charge is 0.306 e. The zero-order valence-electron chi connectivity index (χ0n) is 52.9. The molecule has 0 N–H and O–H groups in total. The Labute approximate surface area is 491 Å². The Morgan fingerprint density at radius 2 is 0.494 bits per heavy atom. The highest BCUT2D eigenvalue weighted by Gasteiger charge is 2.19. The molecule has 0 aromatic heterocycles. The van der Waals surface area contributed by atoms with Crippen LogP contribution in [-0.4, -0.2) is 37.2 Å². The van der Waals surface area contributed by atoms with E-state index in [1.807, 2.05) is 0 Å². The maximum absolute atomic E-state index is 12.9. The van der Waals surface area contributed by atoms with Gasteiger partial charge in [0.15, 0.2) is 6.10 Å². The van der Waals surface area contributed by atoms with Crippen LogP contribution in [0.2, 0.25) is 0 Å². The molecule has 0 aliphatic rings. The van der Waals surface area contributed by atoms with E-state index in [0.29, 0.717) is 19.3 Å². The topological polar surface area (TPSA) is 78.9 Å². The van der Waals surface area contributed by atoms with Crippen LogP contribution in [-0.2, 0) is 28.6 Å². The second-order valence-electron chi connectivity index (χ2n) is 23.4. The molecule has 0 spiro atoms. The van der Waals surface area contributed by atoms with Crippen molar-refractivity contribution >= 4 is 17.9 Å². The summed E-state index contributed by atoms with van der Waals surface area (Å²) < 4.78 is 16.8. The normalized spacial score (nSPS) is 12.4. The number of hydrogen-bond donors (Lipinski definition) is 0. The van der Waals surface area contributed by atoms with Crippen molar-refractivity contribution in [3.8, 4) is 0 Å². The van der Waals surface area contributed by atoms with E-state index in [4.69, 9.17) is 14.2 Å². The number of hydrogen-bond acceptors (Lipinski definition) is 6. The molecule has 0 radical (unpaired) electrons. The summed E-state index contributed by atoms with van der Waals surface area (Å²) in [5.74, 6) is -0.852. The van der Waals surface area contributed by atoms with Crippen LogP contribution in [0.5, 0.6) is 0 Å². The third kappa shape index (κ3) is 65.8. The minimum atomic E-state index is -0.766. The Kier molecular flexibility index (Phi) is 65.1. The third-order valence-corrected chi connectivity index (χ3v) is 15.5. The molecular formula is C73H132O6. The lowest BCUT2D eigenvalue weighted by Gasteiger charge is -2.18. The zero-order chi connectivity index (χ0) is 57.1. The standard InChI is InChI=1S/C73H132O6/c1-4-7-10-13-16-18-20-22-24-26-28-30-31-32-33-34-35-36-37-38-39-40-41-42-43-44-46-47-49-51-53-55-57-60-63-66-72(75)78-69-70(68-77-71(74)65-62-59-15-12-9-6-3)79-73(76)67-64-61-58-56-54-52-50-48-45-29-27-25-23-21-19-17-14-11-8-5-2/h7,10,16,18,22,24,28,30,32-33,70H,4-6,8-9,11-15,17,19-21,23,25-27,29,31,34-69H2,1-3H3/b10-7-,18-16-,24-22-,30-28-,33-32-. The first-order valence-electron chi connectivity index (χ1n) is 34.8. The van der Waals surface area contributed by atoms with E-state index in [9.17, 15) is 14.4 Å². The molecule has 0 aromatic carbocycles. The van der Waals surface area contributed by atoms with Crippen molar-refractivity contribution in [3.63, 3.8) is 0 Å². The molecule has 6 heteroatoms. The molecule has 0 saturated heterocycles. The fraction of sp³-hybridized carbons (Fsp3) is 0.822. The van der Waals surface area contributed by atoms with Gasteiger partial charge in [-0.1, -0.05) is 345 Å². The van der Waals surface area contributed by atoms with Crippen molar-refractivity contribution in [2.24, 2.45) is 0 Å². The molecule has 6 nitrogen and oxygen atoms in total. The molecule has 1 atom stereocenters. The van der Waals surface area contributed by atoms with Crippen LogP contribution in [0, 0.1) is 0 Å². The van der Waals surface area contributed by atoms with Crippen molar-refractivity contribution in [1.29, 1.82) is 0 Å². The molecule has 460 valence electrons. The molecular weight excluding hydrogens is 973 g/mol. The summed E-state index contributed by atoms with van der Waals surface area (Å²) in [7, 11) is 0. The quantitative estimate of drug-likeness (QED) is 0.0261. The molecule has 1 unspecified atom stereocenters. The van der Waals surface area contributed by atoms with E-state index in [1.165, 1.54) is 238 Å². The predicted molar refractivity (Wildman–Crippen MR) is 344 cm³/mol. The highest BCUT2D eigenvalue weighted by atomic mass is 16.6. The van der Waals surface area contributed by atoms with Crippen molar-refractivity contribution in [1.82, 2.24) is 0 Å². The lowest BCUT2D eigenvalue weighted by Crippen LogP contribution is -2.30. The van der Waals surface area contributed by atoms with Gasteiger partial charge in [0.1, 0.15) is 13.2 Å². The zero-order valence-corrected chi connectivity index (χ0v) is 52.9. The van der Waals surface area contributed by atoms with Gasteiger partial charge in [0, 0.05) is 19.3 Å². The Bertz CT molecular complexity index is 1410. The molecule has 0 rings (SSSR count). The molecule has 0 heterocycles. The van der Waals surface area contributed by atoms with Gasteiger partial charge >= 0.3 is 17.9 Å². The maximum atomic E-state index is 12.9. The molecule has 0 saturated carbocycles. The average Bonchev–Trinajstić information content (AvgIpc) is 3.45. The SMILES string of the molecule is CC/C=C\C/C=C\C/C=C\C/C=C\C/C=C\CCCCCCCCCCCCCCCCCCCCCC(=O)OCC(COC(=O)CCCCCCCC)OC(=O)CCCCCCCCCCCCCCCCCCCCCC. The first-order valence-corrected chi connectivity index (χ1v) is 34.8. The van der Waals surface area contributed by atoms with Crippen molar-refractivity contribution in [2.75, 3.05) is 13.2 Å². The van der Waals surface area contributed by atoms with Crippen LogP contribution in [0.1, 0.15) is 367 Å². The lowest BCUT2D eigenvalue weighted by molar-refractivity contribution is -0.167. The fourth-order valence-electron chi connectivity index (χ4n) is 10.4. The molecule has 79 heavy (non-hydrogen) atoms. The highest BCUT2D eigenvalue weighted by Crippen LogP contribution is 2.18. The molecule has 0 aliphatic carbocycles. The van der Waals surface area contributed by atoms with Crippen LogP contribution >= 0.6 is 0 Å². The summed E-state index contributed by atoms with van der Waals surface area (Å²) in [5, 5.41) is 0. The van der Waals surface area contributed by atoms with E-state index in [1.54, 1.807) is 0 Å². The van der Waals surface area contributed by atoms with Gasteiger partial charge in [0.2, 0.25) is 0 Å². The van der Waals surface area contributed by atoms with Gasteiger partial charge in [-0.15, -0.1) is 0 Å². The summed E-state index contributed by atoms with van der Waals surface area (Å²) in [6.07, 6.45) is 87.3. The average molecular weight is 1110 g/mol. The largest absolute Gasteiger partial charge is 0.462 e. The summed E-state index contributed by atoms with van der Waals surface area (Å²) in [6, 6.07) is 0. The van der Waals surface area contributed by atoms with Crippen LogP contribution in [0.4, 0.5) is 0 Å². The lowest BCUT2D eigenvalue weighted by atomic mass is 10.0. The Morgan fingerprint density at radius 3 is 0.772 bits per heavy atom. The van der Waals surface area contributed by atoms with Gasteiger partial charge in [0.25, 0.3) is 0 Å². The minimum absolute atomic E-state index is 0.0670. The van der Waals surface area contributed by atoms with Crippen molar-refractivity contribution in [2.45, 2.75) is 374 Å². The number of rotatable bonds is 64. The summed E-state index contributed by atoms with van der Waals surface area (Å²) >= 11 is 0. The number of unbranched alkanes of at least 4 members (excludes halogenated alkanes) is 43. The highest BCUT2D eigenvalue weighted by molar-refractivity contribution is 5.71. The number of ether oxygens (including phenoxy) is 3. The molecule has 0 fully saturated rings. The van der Waals surface area contributed by atoms with E-state index in [2.05, 4.69) is 81.5 Å². The van der Waals surface area contributed by atoms with Crippen LogP contribution in [0.15, 0.2) is 60.8 Å². The van der Waals surface area contributed by atoms with E-state index >= 15 is 0 Å². The Hall–Kier alpha value is -2.89. The Morgan fingerprint density at radius 1 is 0.266 bits per heavy atom. The van der Waals surface area contributed by atoms with Crippen LogP contribution < -0.4 is 0 Å². The predicted octanol–water partition coefficient (Wildman–Crippen LogP) is 23.9. The van der Waals surface area contributed by atoms with Gasteiger partial charge < -0.3 is 14.2 Å². The van der Waals surface area contributed by atoms with Gasteiger partial charge in [-0.3, -0.25) is 14.4 Å². The van der Waals surface area contributed by atoms with Crippen LogP contribution in [0.3, 0.4) is 0 Å². The molecule has 0 aromatic rings. The first kappa shape index (κ1) is 76.1. The van der Waals surface area contributed by atoms with Gasteiger partial charge in [-0.2, -0.15) is 0 Å². The summed E-state index contributed by atoms with van der Waals surface area (Å²) in [4.78, 5) is 38.1. The van der Waals surface area contributed by atoms with E-state index in [0.717, 1.165) is 89.9 Å². The number of allylic oxidation sites excluding steroid dienone is 10. The molecule has 0 amide bonds. The fourth-order valence-corrected chi connectivity index (χ4v) is 10.4.